The molecule has 0 radical (unpaired) electrons. The SMILES string of the molecule is Cc1cc2c(F)c(F)c(OCc3cscn3)cc2[nH]1. The molecule has 2 heterocycles. The molecule has 0 unspecified atom stereocenters. The average molecular weight is 280 g/mol. The van der Waals surface area contributed by atoms with Gasteiger partial charge in [0.25, 0.3) is 0 Å². The molecular weight excluding hydrogens is 270 g/mol. The summed E-state index contributed by atoms with van der Waals surface area (Å²) in [5, 5.41) is 2.03. The zero-order chi connectivity index (χ0) is 13.4. The van der Waals surface area contributed by atoms with E-state index in [1.807, 2.05) is 0 Å². The Bertz CT molecular complexity index is 722. The highest BCUT2D eigenvalue weighted by molar-refractivity contribution is 7.07. The largest absolute Gasteiger partial charge is 0.484 e. The highest BCUT2D eigenvalue weighted by Gasteiger charge is 2.16. The van der Waals surface area contributed by atoms with Gasteiger partial charge in [-0.1, -0.05) is 0 Å². The summed E-state index contributed by atoms with van der Waals surface area (Å²) in [5.74, 6) is -1.98. The molecule has 1 N–H and O–H groups in total. The lowest BCUT2D eigenvalue weighted by atomic mass is 10.2. The molecule has 6 heteroatoms. The van der Waals surface area contributed by atoms with E-state index in [4.69, 9.17) is 4.74 Å². The van der Waals surface area contributed by atoms with Crippen LogP contribution >= 0.6 is 11.3 Å². The van der Waals surface area contributed by atoms with E-state index < -0.39 is 11.6 Å². The van der Waals surface area contributed by atoms with Crippen LogP contribution in [-0.2, 0) is 6.61 Å². The second kappa shape index (κ2) is 4.62. The zero-order valence-electron chi connectivity index (χ0n) is 10.0. The van der Waals surface area contributed by atoms with E-state index in [0.29, 0.717) is 11.2 Å². The second-order valence-corrected chi connectivity index (χ2v) is 4.90. The summed E-state index contributed by atoms with van der Waals surface area (Å²) in [6.45, 7) is 1.90. The summed E-state index contributed by atoms with van der Waals surface area (Å²) in [5.41, 5.74) is 3.63. The number of fused-ring (bicyclic) bond motifs is 1. The number of benzene rings is 1. The predicted molar refractivity (Wildman–Crippen MR) is 69.4 cm³/mol. The van der Waals surface area contributed by atoms with Crippen molar-refractivity contribution in [3.05, 3.63) is 46.0 Å². The fraction of sp³-hybridized carbons (Fsp3) is 0.154. The lowest BCUT2D eigenvalue weighted by Gasteiger charge is -2.07. The number of nitrogens with zero attached hydrogens (tertiary/aromatic N) is 1. The first-order valence-corrected chi connectivity index (χ1v) is 6.56. The molecule has 0 fully saturated rings. The van der Waals surface area contributed by atoms with Crippen LogP contribution in [0.2, 0.25) is 0 Å². The Kier molecular flexibility index (Phi) is 2.94. The summed E-state index contributed by atoms with van der Waals surface area (Å²) in [4.78, 5) is 6.98. The minimum atomic E-state index is -0.971. The van der Waals surface area contributed by atoms with Crippen LogP contribution in [0.5, 0.6) is 5.75 Å². The summed E-state index contributed by atoms with van der Waals surface area (Å²) in [6.07, 6.45) is 0. The molecule has 0 spiro atoms. The second-order valence-electron chi connectivity index (χ2n) is 4.18. The number of ether oxygens (including phenoxy) is 1. The summed E-state index contributed by atoms with van der Waals surface area (Å²) in [7, 11) is 0. The first kappa shape index (κ1) is 12.1. The van der Waals surface area contributed by atoms with Crippen LogP contribution in [0.4, 0.5) is 8.78 Å². The fourth-order valence-corrected chi connectivity index (χ4v) is 2.44. The van der Waals surface area contributed by atoms with Crippen LogP contribution < -0.4 is 4.74 Å². The van der Waals surface area contributed by atoms with Crippen molar-refractivity contribution >= 4 is 22.2 Å². The number of aryl methyl sites for hydroxylation is 1. The number of hydrogen-bond donors (Lipinski definition) is 1. The number of halogens is 2. The molecule has 2 aromatic heterocycles. The smallest absolute Gasteiger partial charge is 0.201 e. The molecule has 98 valence electrons. The van der Waals surface area contributed by atoms with Gasteiger partial charge >= 0.3 is 0 Å². The van der Waals surface area contributed by atoms with Crippen LogP contribution in [0.3, 0.4) is 0 Å². The highest BCUT2D eigenvalue weighted by Crippen LogP contribution is 2.29. The topological polar surface area (TPSA) is 37.9 Å². The Labute approximate surface area is 111 Å². The maximum atomic E-state index is 13.8. The Balaban J connectivity index is 1.96. The van der Waals surface area contributed by atoms with Gasteiger partial charge in [0.05, 0.1) is 16.7 Å². The van der Waals surface area contributed by atoms with E-state index in [0.717, 1.165) is 5.69 Å². The molecule has 0 atom stereocenters. The van der Waals surface area contributed by atoms with Crippen LogP contribution in [0.25, 0.3) is 10.9 Å². The number of aromatic nitrogens is 2. The Morgan fingerprint density at radius 2 is 2.16 bits per heavy atom. The van der Waals surface area contributed by atoms with Crippen molar-refractivity contribution in [2.24, 2.45) is 0 Å². The van der Waals surface area contributed by atoms with Crippen molar-refractivity contribution in [1.29, 1.82) is 0 Å². The van der Waals surface area contributed by atoms with Crippen molar-refractivity contribution in [1.82, 2.24) is 9.97 Å². The Hall–Kier alpha value is -1.95. The maximum absolute atomic E-state index is 13.8. The van der Waals surface area contributed by atoms with Crippen LogP contribution in [0, 0.1) is 18.6 Å². The molecule has 0 saturated carbocycles. The quantitative estimate of drug-likeness (QED) is 0.792. The summed E-state index contributed by atoms with van der Waals surface area (Å²) >= 11 is 1.42. The van der Waals surface area contributed by atoms with Gasteiger partial charge in [-0.25, -0.2) is 9.37 Å². The highest BCUT2D eigenvalue weighted by atomic mass is 32.1. The Morgan fingerprint density at radius 1 is 1.32 bits per heavy atom. The zero-order valence-corrected chi connectivity index (χ0v) is 10.9. The molecule has 3 aromatic rings. The third-order valence-electron chi connectivity index (χ3n) is 2.76. The van der Waals surface area contributed by atoms with Crippen molar-refractivity contribution in [2.75, 3.05) is 0 Å². The minimum Gasteiger partial charge on any atom is -0.484 e. The monoisotopic (exact) mass is 280 g/mol. The predicted octanol–water partition coefficient (Wildman–Crippen LogP) is 3.79. The van der Waals surface area contributed by atoms with E-state index in [9.17, 15) is 8.78 Å². The normalized spacial score (nSPS) is 11.1. The van der Waals surface area contributed by atoms with E-state index >= 15 is 0 Å². The molecule has 0 saturated heterocycles. The summed E-state index contributed by atoms with van der Waals surface area (Å²) in [6, 6.07) is 3.03. The molecular formula is C13H10F2N2OS. The van der Waals surface area contributed by atoms with E-state index in [1.165, 1.54) is 17.4 Å². The van der Waals surface area contributed by atoms with Crippen molar-refractivity contribution < 1.29 is 13.5 Å². The van der Waals surface area contributed by atoms with Gasteiger partial charge in [-0.15, -0.1) is 11.3 Å². The Morgan fingerprint density at radius 3 is 2.89 bits per heavy atom. The first-order valence-electron chi connectivity index (χ1n) is 5.62. The third kappa shape index (κ3) is 2.19. The summed E-state index contributed by atoms with van der Waals surface area (Å²) < 4.78 is 33.0. The average Bonchev–Trinajstić information content (AvgIpc) is 3.01. The van der Waals surface area contributed by atoms with Gasteiger partial charge in [0.1, 0.15) is 6.61 Å². The molecule has 1 aromatic carbocycles. The molecule has 0 bridgehead atoms. The molecule has 0 amide bonds. The number of H-pyrrole nitrogens is 1. The molecule has 0 aliphatic carbocycles. The number of nitrogens with one attached hydrogen (secondary N) is 1. The van der Waals surface area contributed by atoms with Gasteiger partial charge < -0.3 is 9.72 Å². The molecule has 19 heavy (non-hydrogen) atoms. The lowest BCUT2D eigenvalue weighted by Crippen LogP contribution is -1.99. The number of rotatable bonds is 3. The van der Waals surface area contributed by atoms with E-state index in [-0.39, 0.29) is 17.7 Å². The van der Waals surface area contributed by atoms with Crippen LogP contribution in [-0.4, -0.2) is 9.97 Å². The van der Waals surface area contributed by atoms with E-state index in [1.54, 1.807) is 23.9 Å². The van der Waals surface area contributed by atoms with E-state index in [2.05, 4.69) is 9.97 Å². The van der Waals surface area contributed by atoms with Gasteiger partial charge in [0, 0.05) is 22.5 Å². The number of aromatic amines is 1. The van der Waals surface area contributed by atoms with Gasteiger partial charge in [-0.3, -0.25) is 0 Å². The van der Waals surface area contributed by atoms with Crippen molar-refractivity contribution in [3.63, 3.8) is 0 Å². The number of thiazole rings is 1. The molecule has 3 rings (SSSR count). The maximum Gasteiger partial charge on any atom is 0.201 e. The fourth-order valence-electron chi connectivity index (χ4n) is 1.89. The molecule has 0 aliphatic rings. The van der Waals surface area contributed by atoms with Gasteiger partial charge in [0.2, 0.25) is 5.82 Å². The van der Waals surface area contributed by atoms with Crippen molar-refractivity contribution in [2.45, 2.75) is 13.5 Å². The first-order chi connectivity index (χ1) is 9.15. The van der Waals surface area contributed by atoms with Crippen LogP contribution in [0.15, 0.2) is 23.0 Å². The van der Waals surface area contributed by atoms with Crippen LogP contribution in [0.1, 0.15) is 11.4 Å². The molecule has 0 aliphatic heterocycles. The van der Waals surface area contributed by atoms with Gasteiger partial charge in [0.15, 0.2) is 11.6 Å². The van der Waals surface area contributed by atoms with Gasteiger partial charge in [-0.2, -0.15) is 4.39 Å². The molecule has 3 nitrogen and oxygen atoms in total. The van der Waals surface area contributed by atoms with Gasteiger partial charge in [-0.05, 0) is 13.0 Å². The lowest BCUT2D eigenvalue weighted by molar-refractivity contribution is 0.282. The van der Waals surface area contributed by atoms with Crippen molar-refractivity contribution in [3.8, 4) is 5.75 Å². The third-order valence-corrected chi connectivity index (χ3v) is 3.40. The minimum absolute atomic E-state index is 0.111. The number of hydrogen-bond acceptors (Lipinski definition) is 3. The standard InChI is InChI=1S/C13H10F2N2OS/c1-7-2-9-10(17-7)3-11(13(15)12(9)14)18-4-8-5-19-6-16-8/h2-3,5-6,17H,4H2,1H3.